The van der Waals surface area contributed by atoms with Gasteiger partial charge in [0.05, 0.1) is 0 Å². The second kappa shape index (κ2) is 5.96. The minimum absolute atomic E-state index is 0.127. The molecule has 2 aromatic carbocycles. The molecule has 0 saturated heterocycles. The second-order valence-electron chi connectivity index (χ2n) is 6.21. The molecule has 0 aliphatic heterocycles. The van der Waals surface area contributed by atoms with Crippen LogP contribution in [0, 0.1) is 5.41 Å². The average molecular weight is 266 g/mol. The summed E-state index contributed by atoms with van der Waals surface area (Å²) in [5.41, 5.74) is 2.56. The zero-order valence-corrected chi connectivity index (χ0v) is 12.4. The van der Waals surface area contributed by atoms with Gasteiger partial charge in [-0.2, -0.15) is 0 Å². The molecule has 0 radical (unpaired) electrons. The van der Waals surface area contributed by atoms with Gasteiger partial charge in [-0.1, -0.05) is 75.4 Å². The van der Waals surface area contributed by atoms with Crippen molar-refractivity contribution in [2.24, 2.45) is 5.41 Å². The zero-order chi connectivity index (χ0) is 14.6. The maximum Gasteiger partial charge on any atom is 0.115 e. The number of hydrogen-bond acceptors (Lipinski definition) is 1. The first kappa shape index (κ1) is 14.4. The first-order valence-corrected chi connectivity index (χ1v) is 6.99. The number of aromatic hydroxyl groups is 1. The van der Waals surface area contributed by atoms with Crippen molar-refractivity contribution in [2.45, 2.75) is 26.7 Å². The van der Waals surface area contributed by atoms with Crippen LogP contribution < -0.4 is 0 Å². The Morgan fingerprint density at radius 3 is 2.05 bits per heavy atom. The van der Waals surface area contributed by atoms with Gasteiger partial charge in [-0.25, -0.2) is 0 Å². The topological polar surface area (TPSA) is 20.2 Å². The van der Waals surface area contributed by atoms with E-state index < -0.39 is 0 Å². The number of phenolic OH excluding ortho intramolecular Hbond substituents is 1. The molecular weight excluding hydrogens is 244 g/mol. The van der Waals surface area contributed by atoms with Crippen molar-refractivity contribution < 1.29 is 5.11 Å². The van der Waals surface area contributed by atoms with E-state index in [4.69, 9.17) is 0 Å². The highest BCUT2D eigenvalue weighted by molar-refractivity contribution is 5.51. The van der Waals surface area contributed by atoms with E-state index in [0.717, 1.165) is 0 Å². The first-order valence-electron chi connectivity index (χ1n) is 6.99. The Labute approximate surface area is 121 Å². The van der Waals surface area contributed by atoms with E-state index in [1.165, 1.54) is 11.1 Å². The summed E-state index contributed by atoms with van der Waals surface area (Å²) in [7, 11) is 0. The van der Waals surface area contributed by atoms with Gasteiger partial charge in [0.1, 0.15) is 5.75 Å². The summed E-state index contributed by atoms with van der Waals surface area (Å²) in [5, 5.41) is 9.43. The molecule has 1 unspecified atom stereocenters. The third-order valence-electron chi connectivity index (χ3n) is 3.47. The van der Waals surface area contributed by atoms with Crippen molar-refractivity contribution in [1.82, 2.24) is 0 Å². The number of allylic oxidation sites excluding steroid dienone is 1. The van der Waals surface area contributed by atoms with E-state index in [0.29, 0.717) is 11.7 Å². The predicted molar refractivity (Wildman–Crippen MR) is 85.8 cm³/mol. The van der Waals surface area contributed by atoms with Crippen molar-refractivity contribution >= 4 is 6.08 Å². The SMILES string of the molecule is CC(C)(C)C(/C=C/c1ccccc1)c1ccc(O)cc1. The van der Waals surface area contributed by atoms with Gasteiger partial charge < -0.3 is 5.11 Å². The maximum atomic E-state index is 9.43. The Bertz CT molecular complexity index is 559. The molecule has 104 valence electrons. The van der Waals surface area contributed by atoms with Crippen LogP contribution in [0.15, 0.2) is 60.7 Å². The second-order valence-corrected chi connectivity index (χ2v) is 6.21. The van der Waals surface area contributed by atoms with Gasteiger partial charge in [-0.3, -0.25) is 0 Å². The van der Waals surface area contributed by atoms with E-state index in [1.807, 2.05) is 30.3 Å². The molecule has 0 aromatic heterocycles. The fourth-order valence-corrected chi connectivity index (χ4v) is 2.35. The Kier molecular flexibility index (Phi) is 4.29. The van der Waals surface area contributed by atoms with Gasteiger partial charge in [0, 0.05) is 5.92 Å². The van der Waals surface area contributed by atoms with Crippen LogP contribution in [0.2, 0.25) is 0 Å². The van der Waals surface area contributed by atoms with Crippen LogP contribution in [0.3, 0.4) is 0 Å². The van der Waals surface area contributed by atoms with Gasteiger partial charge in [0.15, 0.2) is 0 Å². The molecule has 2 aromatic rings. The van der Waals surface area contributed by atoms with Crippen molar-refractivity contribution in [2.75, 3.05) is 0 Å². The first-order chi connectivity index (χ1) is 9.47. The van der Waals surface area contributed by atoms with E-state index in [-0.39, 0.29) is 5.41 Å². The molecule has 0 saturated carbocycles. The normalized spacial score (nSPS) is 13.6. The lowest BCUT2D eigenvalue weighted by Gasteiger charge is -2.28. The van der Waals surface area contributed by atoms with E-state index in [2.05, 4.69) is 45.1 Å². The minimum atomic E-state index is 0.127. The smallest absolute Gasteiger partial charge is 0.115 e. The lowest BCUT2D eigenvalue weighted by Crippen LogP contribution is -2.16. The molecule has 0 aliphatic rings. The molecule has 1 heteroatoms. The third kappa shape index (κ3) is 3.74. The highest BCUT2D eigenvalue weighted by Gasteiger charge is 2.23. The maximum absolute atomic E-state index is 9.43. The highest BCUT2D eigenvalue weighted by Crippen LogP contribution is 2.37. The standard InChI is InChI=1S/C19H22O/c1-19(2,3)18(16-10-12-17(20)13-11-16)14-9-15-7-5-4-6-8-15/h4-14,18,20H,1-3H3/b14-9+. The van der Waals surface area contributed by atoms with Gasteiger partial charge in [0.25, 0.3) is 0 Å². The molecule has 0 heterocycles. The Hall–Kier alpha value is -2.02. The molecule has 0 fully saturated rings. The van der Waals surface area contributed by atoms with Gasteiger partial charge in [-0.05, 0) is 28.7 Å². The third-order valence-corrected chi connectivity index (χ3v) is 3.47. The fourth-order valence-electron chi connectivity index (χ4n) is 2.35. The Morgan fingerprint density at radius 1 is 0.900 bits per heavy atom. The number of benzene rings is 2. The van der Waals surface area contributed by atoms with Crippen molar-refractivity contribution in [1.29, 1.82) is 0 Å². The summed E-state index contributed by atoms with van der Waals surface area (Å²) in [4.78, 5) is 0. The summed E-state index contributed by atoms with van der Waals surface area (Å²) < 4.78 is 0. The van der Waals surface area contributed by atoms with Crippen molar-refractivity contribution in [3.05, 3.63) is 71.8 Å². The fraction of sp³-hybridized carbons (Fsp3) is 0.263. The summed E-state index contributed by atoms with van der Waals surface area (Å²) in [5.74, 6) is 0.622. The molecule has 0 aliphatic carbocycles. The lowest BCUT2D eigenvalue weighted by molar-refractivity contribution is 0.367. The Morgan fingerprint density at radius 2 is 1.50 bits per heavy atom. The molecular formula is C19H22O. The van der Waals surface area contributed by atoms with Crippen LogP contribution in [-0.4, -0.2) is 5.11 Å². The largest absolute Gasteiger partial charge is 0.508 e. The quantitative estimate of drug-likeness (QED) is 0.806. The highest BCUT2D eigenvalue weighted by atomic mass is 16.3. The number of rotatable bonds is 3. The lowest BCUT2D eigenvalue weighted by atomic mass is 9.76. The number of hydrogen-bond donors (Lipinski definition) is 1. The summed E-state index contributed by atoms with van der Waals surface area (Å²) in [6, 6.07) is 17.8. The summed E-state index contributed by atoms with van der Waals surface area (Å²) >= 11 is 0. The van der Waals surface area contributed by atoms with E-state index >= 15 is 0 Å². The van der Waals surface area contributed by atoms with Crippen molar-refractivity contribution in [3.63, 3.8) is 0 Å². The number of phenols is 1. The van der Waals surface area contributed by atoms with Crippen LogP contribution in [0.1, 0.15) is 37.8 Å². The van der Waals surface area contributed by atoms with Gasteiger partial charge in [-0.15, -0.1) is 0 Å². The predicted octanol–water partition coefficient (Wildman–Crippen LogP) is 5.24. The van der Waals surface area contributed by atoms with Crippen LogP contribution in [0.4, 0.5) is 0 Å². The van der Waals surface area contributed by atoms with Crippen LogP contribution in [-0.2, 0) is 0 Å². The van der Waals surface area contributed by atoms with E-state index in [1.54, 1.807) is 12.1 Å². The van der Waals surface area contributed by atoms with E-state index in [9.17, 15) is 5.11 Å². The molecule has 1 N–H and O–H groups in total. The molecule has 20 heavy (non-hydrogen) atoms. The molecule has 0 spiro atoms. The summed E-state index contributed by atoms with van der Waals surface area (Å²) in [6.07, 6.45) is 4.42. The van der Waals surface area contributed by atoms with Crippen LogP contribution >= 0.6 is 0 Å². The average Bonchev–Trinajstić information content (AvgIpc) is 2.41. The minimum Gasteiger partial charge on any atom is -0.508 e. The molecule has 0 bridgehead atoms. The monoisotopic (exact) mass is 266 g/mol. The molecule has 1 atom stereocenters. The Balaban J connectivity index is 2.30. The molecule has 2 rings (SSSR count). The molecule has 1 nitrogen and oxygen atoms in total. The van der Waals surface area contributed by atoms with Crippen molar-refractivity contribution in [3.8, 4) is 5.75 Å². The molecule has 0 amide bonds. The van der Waals surface area contributed by atoms with Gasteiger partial charge in [0.2, 0.25) is 0 Å². The summed E-state index contributed by atoms with van der Waals surface area (Å²) in [6.45, 7) is 6.71. The van der Waals surface area contributed by atoms with Crippen LogP contribution in [0.5, 0.6) is 5.75 Å². The zero-order valence-electron chi connectivity index (χ0n) is 12.4. The van der Waals surface area contributed by atoms with Crippen LogP contribution in [0.25, 0.3) is 6.08 Å². The van der Waals surface area contributed by atoms with Gasteiger partial charge >= 0.3 is 0 Å².